The fourth-order valence-corrected chi connectivity index (χ4v) is 6.68. The van der Waals surface area contributed by atoms with E-state index in [2.05, 4.69) is 141 Å². The molecule has 0 N–H and O–H groups in total. The molecule has 0 spiro atoms. The van der Waals surface area contributed by atoms with Gasteiger partial charge in [0.25, 0.3) is 0 Å². The van der Waals surface area contributed by atoms with Gasteiger partial charge in [0.05, 0.1) is 22.8 Å². The van der Waals surface area contributed by atoms with Crippen LogP contribution in [-0.2, 0) is 10.9 Å². The SMILES string of the molecule is CC(C)c1cccc(C(C)C)c1N=C1C(=Nc2c(C(C)C)cccc2C(C)C)C2(C)CCC1C2(C)C.[Br][Ni][Br]. The molecular weight excluding hydrogens is 655 g/mol. The molecule has 5 heteroatoms. The zero-order chi connectivity index (χ0) is 29.3. The van der Waals surface area contributed by atoms with Gasteiger partial charge in [-0.05, 0) is 64.2 Å². The summed E-state index contributed by atoms with van der Waals surface area (Å²) in [6.45, 7) is 25.7. The number of hydrogen-bond donors (Lipinski definition) is 0. The Morgan fingerprint density at radius 2 is 1.05 bits per heavy atom. The Bertz CT molecular complexity index is 1170. The van der Waals surface area contributed by atoms with Gasteiger partial charge in [-0.1, -0.05) is 113 Å². The van der Waals surface area contributed by atoms with Gasteiger partial charge in [-0.2, -0.15) is 0 Å². The average molecular weight is 703 g/mol. The molecule has 2 aliphatic rings. The summed E-state index contributed by atoms with van der Waals surface area (Å²) in [6, 6.07) is 13.5. The van der Waals surface area contributed by atoms with E-state index in [4.69, 9.17) is 9.98 Å². The fourth-order valence-electron chi connectivity index (χ4n) is 6.68. The van der Waals surface area contributed by atoms with Crippen LogP contribution in [0, 0.1) is 16.7 Å². The number of fused-ring (bicyclic) bond motifs is 2. The van der Waals surface area contributed by atoms with Crippen molar-refractivity contribution in [1.29, 1.82) is 0 Å². The van der Waals surface area contributed by atoms with E-state index < -0.39 is 0 Å². The number of benzene rings is 2. The van der Waals surface area contributed by atoms with Crippen LogP contribution in [-0.4, -0.2) is 11.4 Å². The second-order valence-corrected chi connectivity index (χ2v) is 18.3. The fraction of sp³-hybridized carbons (Fsp3) is 0.588. The molecule has 0 amide bonds. The van der Waals surface area contributed by atoms with Crippen LogP contribution in [0.2, 0.25) is 0 Å². The van der Waals surface area contributed by atoms with E-state index >= 15 is 0 Å². The van der Waals surface area contributed by atoms with Crippen molar-refractivity contribution in [2.24, 2.45) is 26.7 Å². The zero-order valence-corrected chi connectivity index (χ0v) is 29.9. The Morgan fingerprint density at radius 3 is 1.41 bits per heavy atom. The van der Waals surface area contributed by atoms with Crippen molar-refractivity contribution in [1.82, 2.24) is 0 Å². The summed E-state index contributed by atoms with van der Waals surface area (Å²) in [5, 5.41) is 0. The maximum absolute atomic E-state index is 5.66. The van der Waals surface area contributed by atoms with E-state index in [1.807, 2.05) is 0 Å². The van der Waals surface area contributed by atoms with Gasteiger partial charge in [0, 0.05) is 11.3 Å². The van der Waals surface area contributed by atoms with Crippen LogP contribution >= 0.6 is 28.5 Å². The van der Waals surface area contributed by atoms with Crippen LogP contribution in [0.5, 0.6) is 0 Å². The van der Waals surface area contributed by atoms with E-state index in [1.165, 1.54) is 68.8 Å². The number of nitrogens with zero attached hydrogens (tertiary/aromatic N) is 2. The summed E-state index contributed by atoms with van der Waals surface area (Å²) >= 11 is 6.00. The number of aliphatic imine (C=N–C) groups is 2. The minimum absolute atomic E-state index is 0.0274. The second-order valence-electron chi connectivity index (χ2n) is 13.3. The molecule has 2 fully saturated rings. The van der Waals surface area contributed by atoms with Gasteiger partial charge in [0.15, 0.2) is 0 Å². The summed E-state index contributed by atoms with van der Waals surface area (Å²) in [5.41, 5.74) is 10.4. The van der Waals surface area contributed by atoms with Crippen LogP contribution in [0.4, 0.5) is 11.4 Å². The Balaban J connectivity index is 0.00000134. The van der Waals surface area contributed by atoms with Gasteiger partial charge in [-0.3, -0.25) is 9.98 Å². The average Bonchev–Trinajstić information content (AvgIpc) is 3.17. The standard InChI is InChI=1S/C34H48N2.2BrH.Ni/c1-20(2)24-14-12-15-25(21(3)4)29(24)35-31-28-18-19-34(11,33(28,9)10)32(31)36-30-26(22(5)6)16-13-17-27(30)23(7)8;;;/h12-17,20-23,28H,18-19H2,1-11H3;2*1H;/q;;;+2/p-2. The van der Waals surface area contributed by atoms with Gasteiger partial charge in [-0.25, -0.2) is 0 Å². The third kappa shape index (κ3) is 6.22. The van der Waals surface area contributed by atoms with Crippen molar-refractivity contribution in [2.75, 3.05) is 0 Å². The van der Waals surface area contributed by atoms with Crippen molar-refractivity contribution in [3.05, 3.63) is 58.7 Å². The number of hydrogen-bond acceptors (Lipinski definition) is 2. The van der Waals surface area contributed by atoms with E-state index in [-0.39, 0.29) is 10.8 Å². The summed E-state index contributed by atoms with van der Waals surface area (Å²) in [4.78, 5) is 11.3. The molecular formula is C34H48Br2N2Ni. The van der Waals surface area contributed by atoms with Crippen LogP contribution in [0.1, 0.15) is 135 Å². The molecule has 4 rings (SSSR count). The van der Waals surface area contributed by atoms with E-state index in [0.29, 0.717) is 29.6 Å². The molecule has 2 aromatic carbocycles. The van der Waals surface area contributed by atoms with Gasteiger partial charge in [0.2, 0.25) is 0 Å². The molecule has 0 radical (unpaired) electrons. The van der Waals surface area contributed by atoms with Gasteiger partial charge in [-0.15, -0.1) is 0 Å². The minimum atomic E-state index is 0.0274. The van der Waals surface area contributed by atoms with Gasteiger partial charge >= 0.3 is 39.3 Å². The van der Waals surface area contributed by atoms with E-state index in [1.54, 1.807) is 0 Å². The van der Waals surface area contributed by atoms with Crippen molar-refractivity contribution >= 4 is 51.2 Å². The van der Waals surface area contributed by atoms with Crippen molar-refractivity contribution in [3.8, 4) is 0 Å². The molecule has 218 valence electrons. The molecule has 2 unspecified atom stereocenters. The van der Waals surface area contributed by atoms with Crippen molar-refractivity contribution in [3.63, 3.8) is 0 Å². The maximum atomic E-state index is 5.66. The Morgan fingerprint density at radius 1 is 0.692 bits per heavy atom. The molecule has 2 nitrogen and oxygen atoms in total. The van der Waals surface area contributed by atoms with E-state index in [9.17, 15) is 0 Å². The number of rotatable bonds is 6. The summed E-state index contributed by atoms with van der Waals surface area (Å²) in [7, 11) is 1.25. The number of halogens is 2. The summed E-state index contributed by atoms with van der Waals surface area (Å²) in [5.74, 6) is 2.16. The third-order valence-corrected chi connectivity index (χ3v) is 9.46. The predicted octanol–water partition coefficient (Wildman–Crippen LogP) is 12.2. The molecule has 0 heterocycles. The third-order valence-electron chi connectivity index (χ3n) is 9.46. The normalized spacial score (nSPS) is 24.1. The molecule has 2 saturated carbocycles. The van der Waals surface area contributed by atoms with Crippen LogP contribution in [0.15, 0.2) is 46.4 Å². The second kappa shape index (κ2) is 13.0. The summed E-state index contributed by atoms with van der Waals surface area (Å²) < 4.78 is 0. The molecule has 2 aromatic rings. The quantitative estimate of drug-likeness (QED) is 0.268. The molecule has 39 heavy (non-hydrogen) atoms. The molecule has 0 aliphatic heterocycles. The van der Waals surface area contributed by atoms with Crippen LogP contribution in [0.25, 0.3) is 0 Å². The monoisotopic (exact) mass is 700 g/mol. The van der Waals surface area contributed by atoms with E-state index in [0.717, 1.165) is 0 Å². The van der Waals surface area contributed by atoms with Gasteiger partial charge < -0.3 is 0 Å². The van der Waals surface area contributed by atoms with Gasteiger partial charge in [0.1, 0.15) is 0 Å². The molecule has 0 saturated heterocycles. The molecule has 2 bridgehead atoms. The van der Waals surface area contributed by atoms with Crippen LogP contribution < -0.4 is 0 Å². The summed E-state index contributed by atoms with van der Waals surface area (Å²) in [6.07, 6.45) is 2.39. The van der Waals surface area contributed by atoms with Crippen LogP contribution in [0.3, 0.4) is 0 Å². The van der Waals surface area contributed by atoms with Crippen molar-refractivity contribution < 1.29 is 10.9 Å². The topological polar surface area (TPSA) is 24.7 Å². The first-order valence-electron chi connectivity index (χ1n) is 14.5. The predicted molar refractivity (Wildman–Crippen MR) is 176 cm³/mol. The Labute approximate surface area is 258 Å². The first-order chi connectivity index (χ1) is 18.2. The first-order valence-corrected chi connectivity index (χ1v) is 19.4. The first kappa shape index (κ1) is 32.7. The zero-order valence-electron chi connectivity index (χ0n) is 25.7. The van der Waals surface area contributed by atoms with Crippen molar-refractivity contribution in [2.45, 2.75) is 113 Å². The Kier molecular flexibility index (Phi) is 10.9. The molecule has 2 aliphatic carbocycles. The molecule has 2 atom stereocenters. The molecule has 0 aromatic heterocycles. The number of para-hydroxylation sites is 2. The Hall–Kier alpha value is -0.766.